The molecule has 5 heteroatoms. The number of methoxy groups -OCH3 is 1. The average Bonchev–Trinajstić information content (AvgIpc) is 2.30. The van der Waals surface area contributed by atoms with Crippen molar-refractivity contribution in [2.75, 3.05) is 13.7 Å². The van der Waals surface area contributed by atoms with E-state index in [0.29, 0.717) is 28.1 Å². The summed E-state index contributed by atoms with van der Waals surface area (Å²) in [5.41, 5.74) is 0.675. The first-order chi connectivity index (χ1) is 8.45. The van der Waals surface area contributed by atoms with Crippen LogP contribution in [0.3, 0.4) is 0 Å². The fraction of sp³-hybridized carbons (Fsp3) is 0.462. The minimum absolute atomic E-state index is 0.361. The van der Waals surface area contributed by atoms with Crippen LogP contribution >= 0.6 is 23.2 Å². The van der Waals surface area contributed by atoms with Gasteiger partial charge in [-0.1, -0.05) is 43.1 Å². The number of esters is 1. The van der Waals surface area contributed by atoms with Gasteiger partial charge in [0.1, 0.15) is 6.04 Å². The topological polar surface area (TPSA) is 38.3 Å². The van der Waals surface area contributed by atoms with Crippen LogP contribution in [0.4, 0.5) is 0 Å². The minimum atomic E-state index is -0.567. The summed E-state index contributed by atoms with van der Waals surface area (Å²) in [7, 11) is 1.36. The Balaban J connectivity index is 2.97. The minimum Gasteiger partial charge on any atom is -0.468 e. The fourth-order valence-corrected chi connectivity index (χ4v) is 2.04. The molecule has 0 aromatic heterocycles. The van der Waals surface area contributed by atoms with Crippen LogP contribution in [0.1, 0.15) is 25.5 Å². The van der Waals surface area contributed by atoms with Crippen molar-refractivity contribution in [3.05, 3.63) is 33.8 Å². The molecule has 0 bridgehead atoms. The van der Waals surface area contributed by atoms with Crippen molar-refractivity contribution in [2.24, 2.45) is 5.92 Å². The number of carbonyl (C=O) groups is 1. The van der Waals surface area contributed by atoms with E-state index in [1.54, 1.807) is 18.2 Å². The summed E-state index contributed by atoms with van der Waals surface area (Å²) in [5.74, 6) is 0.0584. The number of rotatable bonds is 5. The van der Waals surface area contributed by atoms with Crippen LogP contribution in [-0.4, -0.2) is 19.6 Å². The number of hydrogen-bond acceptors (Lipinski definition) is 3. The van der Waals surface area contributed by atoms with Crippen molar-refractivity contribution in [1.82, 2.24) is 5.32 Å². The van der Waals surface area contributed by atoms with Crippen molar-refractivity contribution >= 4 is 29.2 Å². The molecule has 100 valence electrons. The molecular weight excluding hydrogens is 273 g/mol. The lowest BCUT2D eigenvalue weighted by Crippen LogP contribution is -2.32. The molecule has 0 aliphatic rings. The van der Waals surface area contributed by atoms with E-state index in [-0.39, 0.29) is 5.97 Å². The predicted molar refractivity (Wildman–Crippen MR) is 74.1 cm³/mol. The van der Waals surface area contributed by atoms with Gasteiger partial charge in [0.2, 0.25) is 0 Å². The first-order valence-electron chi connectivity index (χ1n) is 5.72. The van der Waals surface area contributed by atoms with E-state index in [2.05, 4.69) is 19.2 Å². The number of carbonyl (C=O) groups excluding carboxylic acids is 1. The molecule has 3 nitrogen and oxygen atoms in total. The van der Waals surface area contributed by atoms with E-state index in [1.807, 2.05) is 0 Å². The van der Waals surface area contributed by atoms with E-state index in [9.17, 15) is 4.79 Å². The molecule has 1 aromatic rings. The fourth-order valence-electron chi connectivity index (χ4n) is 1.53. The molecule has 0 radical (unpaired) electrons. The first kappa shape index (κ1) is 15.3. The van der Waals surface area contributed by atoms with Crippen molar-refractivity contribution < 1.29 is 9.53 Å². The Hall–Kier alpha value is -0.770. The van der Waals surface area contributed by atoms with Crippen molar-refractivity contribution in [1.29, 1.82) is 0 Å². The highest BCUT2D eigenvalue weighted by molar-refractivity contribution is 6.35. The molecule has 0 heterocycles. The first-order valence-corrected chi connectivity index (χ1v) is 6.47. The Morgan fingerprint density at radius 3 is 2.56 bits per heavy atom. The third kappa shape index (κ3) is 4.16. The van der Waals surface area contributed by atoms with Gasteiger partial charge in [-0.05, 0) is 30.2 Å². The average molecular weight is 290 g/mol. The number of benzene rings is 1. The van der Waals surface area contributed by atoms with Crippen molar-refractivity contribution in [3.63, 3.8) is 0 Å². The van der Waals surface area contributed by atoms with Gasteiger partial charge >= 0.3 is 5.97 Å². The van der Waals surface area contributed by atoms with Crippen LogP contribution in [0.15, 0.2) is 18.2 Å². The molecular formula is C13H17Cl2NO2. The summed E-state index contributed by atoms with van der Waals surface area (Å²) in [6, 6.07) is 4.49. The van der Waals surface area contributed by atoms with E-state index in [0.717, 1.165) is 0 Å². The lowest BCUT2D eigenvalue weighted by atomic mass is 10.1. The van der Waals surface area contributed by atoms with E-state index in [1.165, 1.54) is 7.11 Å². The molecule has 0 amide bonds. The van der Waals surface area contributed by atoms with Gasteiger partial charge in [0, 0.05) is 10.0 Å². The molecule has 18 heavy (non-hydrogen) atoms. The van der Waals surface area contributed by atoms with Gasteiger partial charge in [-0.2, -0.15) is 0 Å². The Kier molecular flexibility index (Phi) is 5.93. The summed E-state index contributed by atoms with van der Waals surface area (Å²) in [4.78, 5) is 11.8. The molecule has 1 aromatic carbocycles. The van der Waals surface area contributed by atoms with Crippen LogP contribution in [0.25, 0.3) is 0 Å². The number of halogens is 2. The Morgan fingerprint density at radius 1 is 1.39 bits per heavy atom. The third-order valence-electron chi connectivity index (χ3n) is 2.44. The zero-order valence-electron chi connectivity index (χ0n) is 10.7. The largest absolute Gasteiger partial charge is 0.468 e. The lowest BCUT2D eigenvalue weighted by molar-refractivity contribution is -0.143. The molecule has 0 fully saturated rings. The summed E-state index contributed by atoms with van der Waals surface area (Å²) < 4.78 is 4.79. The summed E-state index contributed by atoms with van der Waals surface area (Å²) in [5, 5.41) is 4.14. The Labute approximate surface area is 117 Å². The van der Waals surface area contributed by atoms with Crippen LogP contribution in [-0.2, 0) is 9.53 Å². The summed E-state index contributed by atoms with van der Waals surface area (Å²) >= 11 is 11.9. The molecule has 1 atom stereocenters. The molecule has 1 unspecified atom stereocenters. The highest BCUT2D eigenvalue weighted by Gasteiger charge is 2.23. The number of ether oxygens (including phenoxy) is 1. The monoisotopic (exact) mass is 289 g/mol. The lowest BCUT2D eigenvalue weighted by Gasteiger charge is -2.19. The van der Waals surface area contributed by atoms with Crippen LogP contribution in [0.2, 0.25) is 10.0 Å². The van der Waals surface area contributed by atoms with E-state index >= 15 is 0 Å². The second kappa shape index (κ2) is 6.98. The normalized spacial score (nSPS) is 12.6. The van der Waals surface area contributed by atoms with E-state index < -0.39 is 6.04 Å². The maximum Gasteiger partial charge on any atom is 0.327 e. The quantitative estimate of drug-likeness (QED) is 0.844. The van der Waals surface area contributed by atoms with Gasteiger partial charge in [0.25, 0.3) is 0 Å². The maximum atomic E-state index is 11.8. The second-order valence-electron chi connectivity index (χ2n) is 4.42. The number of hydrogen-bond donors (Lipinski definition) is 1. The Bertz CT molecular complexity index is 421. The number of nitrogens with one attached hydrogen (secondary N) is 1. The van der Waals surface area contributed by atoms with Crippen LogP contribution < -0.4 is 5.32 Å². The van der Waals surface area contributed by atoms with Crippen LogP contribution in [0, 0.1) is 5.92 Å². The zero-order valence-corrected chi connectivity index (χ0v) is 12.2. The van der Waals surface area contributed by atoms with Crippen molar-refractivity contribution in [2.45, 2.75) is 19.9 Å². The molecule has 0 aliphatic heterocycles. The molecule has 0 aliphatic carbocycles. The standard InChI is InChI=1S/C13H17Cl2NO2/c1-8(2)7-16-12(13(17)18-3)10-5-4-9(14)6-11(10)15/h4-6,8,12,16H,7H2,1-3H3. The predicted octanol–water partition coefficient (Wildman–Crippen LogP) is 3.45. The summed E-state index contributed by atoms with van der Waals surface area (Å²) in [6.07, 6.45) is 0. The molecule has 1 N–H and O–H groups in total. The van der Waals surface area contributed by atoms with Crippen LogP contribution in [0.5, 0.6) is 0 Å². The molecule has 0 saturated heterocycles. The van der Waals surface area contributed by atoms with Gasteiger partial charge in [0.05, 0.1) is 7.11 Å². The van der Waals surface area contributed by atoms with Gasteiger partial charge in [-0.15, -0.1) is 0 Å². The highest BCUT2D eigenvalue weighted by Crippen LogP contribution is 2.27. The molecule has 1 rings (SSSR count). The zero-order chi connectivity index (χ0) is 13.7. The SMILES string of the molecule is COC(=O)C(NCC(C)C)c1ccc(Cl)cc1Cl. The molecule has 0 saturated carbocycles. The van der Waals surface area contributed by atoms with Gasteiger partial charge in [-0.3, -0.25) is 0 Å². The second-order valence-corrected chi connectivity index (χ2v) is 5.27. The molecule has 0 spiro atoms. The van der Waals surface area contributed by atoms with E-state index in [4.69, 9.17) is 27.9 Å². The van der Waals surface area contributed by atoms with Crippen molar-refractivity contribution in [3.8, 4) is 0 Å². The smallest absolute Gasteiger partial charge is 0.327 e. The van der Waals surface area contributed by atoms with Gasteiger partial charge < -0.3 is 10.1 Å². The highest BCUT2D eigenvalue weighted by atomic mass is 35.5. The van der Waals surface area contributed by atoms with Gasteiger partial charge in [0.15, 0.2) is 0 Å². The Morgan fingerprint density at radius 2 is 2.06 bits per heavy atom. The maximum absolute atomic E-state index is 11.8. The third-order valence-corrected chi connectivity index (χ3v) is 3.00. The van der Waals surface area contributed by atoms with Gasteiger partial charge in [-0.25, -0.2) is 4.79 Å². The summed E-state index contributed by atoms with van der Waals surface area (Å²) in [6.45, 7) is 4.81.